The zero-order valence-electron chi connectivity index (χ0n) is 15.3. The van der Waals surface area contributed by atoms with Crippen molar-refractivity contribution in [3.8, 4) is 5.75 Å². The summed E-state index contributed by atoms with van der Waals surface area (Å²) in [5.41, 5.74) is 0.888. The quantitative estimate of drug-likeness (QED) is 0.631. The molecule has 0 bridgehead atoms. The molecular formula is C21H19NO6. The molecule has 1 amide bonds. The number of ether oxygens (including phenoxy) is 2. The van der Waals surface area contributed by atoms with Gasteiger partial charge in [-0.15, -0.1) is 0 Å². The van der Waals surface area contributed by atoms with Crippen molar-refractivity contribution in [3.05, 3.63) is 76.1 Å². The smallest absolute Gasteiger partial charge is 0.374 e. The summed E-state index contributed by atoms with van der Waals surface area (Å²) in [5.74, 6) is -0.825. The molecule has 0 unspecified atom stereocenters. The van der Waals surface area contributed by atoms with E-state index in [9.17, 15) is 14.4 Å². The highest BCUT2D eigenvalue weighted by Crippen LogP contribution is 2.17. The summed E-state index contributed by atoms with van der Waals surface area (Å²) in [6.45, 7) is -0.108. The topological polar surface area (TPSA) is 94.8 Å². The van der Waals surface area contributed by atoms with Crippen LogP contribution >= 0.6 is 0 Å². The largest absolute Gasteiger partial charge is 0.496 e. The maximum atomic E-state index is 12.1. The molecule has 0 spiro atoms. The molecule has 0 aliphatic heterocycles. The SMILES string of the molecule is COc1ccccc1CCNC(=O)COC(=O)c1cc(=O)c2ccccc2o1. The molecule has 144 valence electrons. The Kier molecular flexibility index (Phi) is 6.06. The average molecular weight is 381 g/mol. The Labute approximate surface area is 160 Å². The molecule has 0 fully saturated rings. The number of amides is 1. The van der Waals surface area contributed by atoms with Gasteiger partial charge < -0.3 is 19.2 Å². The Bertz CT molecular complexity index is 1060. The van der Waals surface area contributed by atoms with Crippen LogP contribution in [0.15, 0.2) is 63.8 Å². The Morgan fingerprint density at radius 1 is 1.07 bits per heavy atom. The van der Waals surface area contributed by atoms with Crippen LogP contribution in [-0.4, -0.2) is 32.1 Å². The Morgan fingerprint density at radius 2 is 1.82 bits per heavy atom. The lowest BCUT2D eigenvalue weighted by Crippen LogP contribution is -2.30. The van der Waals surface area contributed by atoms with Crippen molar-refractivity contribution in [3.63, 3.8) is 0 Å². The summed E-state index contributed by atoms with van der Waals surface area (Å²) in [5, 5.41) is 3.03. The van der Waals surface area contributed by atoms with Crippen molar-refractivity contribution >= 4 is 22.8 Å². The van der Waals surface area contributed by atoms with Gasteiger partial charge in [-0.2, -0.15) is 0 Å². The molecule has 3 rings (SSSR count). The van der Waals surface area contributed by atoms with E-state index in [1.807, 2.05) is 24.3 Å². The molecule has 0 saturated heterocycles. The van der Waals surface area contributed by atoms with Gasteiger partial charge in [-0.25, -0.2) is 4.79 Å². The van der Waals surface area contributed by atoms with Gasteiger partial charge in [-0.05, 0) is 30.2 Å². The van der Waals surface area contributed by atoms with Crippen LogP contribution in [0, 0.1) is 0 Å². The van der Waals surface area contributed by atoms with Crippen LogP contribution in [0.4, 0.5) is 0 Å². The van der Waals surface area contributed by atoms with E-state index in [1.54, 1.807) is 31.4 Å². The van der Waals surface area contributed by atoms with Gasteiger partial charge in [0.25, 0.3) is 5.91 Å². The minimum absolute atomic E-state index is 0.245. The van der Waals surface area contributed by atoms with E-state index < -0.39 is 18.5 Å². The lowest BCUT2D eigenvalue weighted by molar-refractivity contribution is -0.124. The number of carbonyl (C=O) groups excluding carboxylic acids is 2. The maximum Gasteiger partial charge on any atom is 0.374 e. The zero-order valence-corrected chi connectivity index (χ0v) is 15.3. The first-order chi connectivity index (χ1) is 13.6. The summed E-state index contributed by atoms with van der Waals surface area (Å²) in [7, 11) is 1.59. The van der Waals surface area contributed by atoms with Gasteiger partial charge in [-0.3, -0.25) is 9.59 Å². The molecule has 0 saturated carbocycles. The second-order valence-electron chi connectivity index (χ2n) is 5.96. The van der Waals surface area contributed by atoms with E-state index >= 15 is 0 Å². The van der Waals surface area contributed by atoms with E-state index in [2.05, 4.69) is 5.32 Å². The average Bonchev–Trinajstić information content (AvgIpc) is 2.72. The molecule has 0 aliphatic rings. The molecule has 2 aromatic carbocycles. The molecule has 7 nitrogen and oxygen atoms in total. The summed E-state index contributed by atoms with van der Waals surface area (Å²) >= 11 is 0. The van der Waals surface area contributed by atoms with E-state index in [4.69, 9.17) is 13.9 Å². The van der Waals surface area contributed by atoms with Gasteiger partial charge in [0, 0.05) is 12.6 Å². The number of methoxy groups -OCH3 is 1. The molecule has 28 heavy (non-hydrogen) atoms. The number of hydrogen-bond donors (Lipinski definition) is 1. The fourth-order valence-corrected chi connectivity index (χ4v) is 2.70. The summed E-state index contributed by atoms with van der Waals surface area (Å²) in [4.78, 5) is 36.0. The lowest BCUT2D eigenvalue weighted by atomic mass is 10.1. The maximum absolute atomic E-state index is 12.1. The molecule has 7 heteroatoms. The summed E-state index contributed by atoms with van der Waals surface area (Å²) < 4.78 is 15.6. The second-order valence-corrected chi connectivity index (χ2v) is 5.96. The van der Waals surface area contributed by atoms with E-state index in [1.165, 1.54) is 0 Å². The van der Waals surface area contributed by atoms with E-state index in [0.717, 1.165) is 17.4 Å². The molecule has 1 aromatic heterocycles. The normalized spacial score (nSPS) is 10.5. The Hall–Kier alpha value is -3.61. The number of esters is 1. The van der Waals surface area contributed by atoms with Gasteiger partial charge in [-0.1, -0.05) is 30.3 Å². The van der Waals surface area contributed by atoms with Crippen molar-refractivity contribution in [1.82, 2.24) is 5.32 Å². The number of hydrogen-bond acceptors (Lipinski definition) is 6. The van der Waals surface area contributed by atoms with Gasteiger partial charge in [0.05, 0.1) is 12.5 Å². The molecule has 1 heterocycles. The number of fused-ring (bicyclic) bond motifs is 1. The number of rotatable bonds is 7. The fraction of sp³-hybridized carbons (Fsp3) is 0.190. The predicted octanol–water partition coefficient (Wildman–Crippen LogP) is 2.32. The van der Waals surface area contributed by atoms with Crippen molar-refractivity contribution in [2.75, 3.05) is 20.3 Å². The zero-order chi connectivity index (χ0) is 19.9. The second kappa shape index (κ2) is 8.85. The number of nitrogens with one attached hydrogen (secondary N) is 1. The highest BCUT2D eigenvalue weighted by Gasteiger charge is 2.15. The predicted molar refractivity (Wildman–Crippen MR) is 102 cm³/mol. The Balaban J connectivity index is 1.52. The first kappa shape index (κ1) is 19.2. The van der Waals surface area contributed by atoms with E-state index in [-0.39, 0.29) is 16.8 Å². The number of benzene rings is 2. The van der Waals surface area contributed by atoms with Gasteiger partial charge >= 0.3 is 5.97 Å². The first-order valence-corrected chi connectivity index (χ1v) is 8.67. The fourth-order valence-electron chi connectivity index (χ4n) is 2.70. The molecule has 0 aliphatic carbocycles. The van der Waals surface area contributed by atoms with Crippen LogP contribution in [0.5, 0.6) is 5.75 Å². The van der Waals surface area contributed by atoms with Crippen molar-refractivity contribution in [2.45, 2.75) is 6.42 Å². The van der Waals surface area contributed by atoms with Crippen molar-refractivity contribution < 1.29 is 23.5 Å². The first-order valence-electron chi connectivity index (χ1n) is 8.67. The highest BCUT2D eigenvalue weighted by molar-refractivity contribution is 5.90. The standard InChI is InChI=1S/C21H19NO6/c1-26-17-8-4-2-6-14(17)10-11-22-20(24)13-27-21(25)19-12-16(23)15-7-3-5-9-18(15)28-19/h2-9,12H,10-11,13H2,1H3,(H,22,24). The van der Waals surface area contributed by atoms with Crippen molar-refractivity contribution in [1.29, 1.82) is 0 Å². The number of carbonyl (C=O) groups is 2. The molecular weight excluding hydrogens is 362 g/mol. The Morgan fingerprint density at radius 3 is 2.64 bits per heavy atom. The summed E-state index contributed by atoms with van der Waals surface area (Å²) in [6, 6.07) is 15.1. The lowest BCUT2D eigenvalue weighted by Gasteiger charge is -2.09. The van der Waals surface area contributed by atoms with Crippen LogP contribution in [0.3, 0.4) is 0 Å². The van der Waals surface area contributed by atoms with Gasteiger partial charge in [0.2, 0.25) is 5.76 Å². The van der Waals surface area contributed by atoms with Crippen LogP contribution in [0.25, 0.3) is 11.0 Å². The molecule has 0 radical (unpaired) electrons. The van der Waals surface area contributed by atoms with Gasteiger partial charge in [0.1, 0.15) is 11.3 Å². The summed E-state index contributed by atoms with van der Waals surface area (Å²) in [6.07, 6.45) is 0.573. The molecule has 3 aromatic rings. The van der Waals surface area contributed by atoms with E-state index in [0.29, 0.717) is 18.4 Å². The minimum Gasteiger partial charge on any atom is -0.496 e. The monoisotopic (exact) mass is 381 g/mol. The highest BCUT2D eigenvalue weighted by atomic mass is 16.5. The van der Waals surface area contributed by atoms with Crippen LogP contribution in [0.2, 0.25) is 0 Å². The van der Waals surface area contributed by atoms with Gasteiger partial charge in [0.15, 0.2) is 12.0 Å². The van der Waals surface area contributed by atoms with Crippen LogP contribution in [-0.2, 0) is 16.0 Å². The number of para-hydroxylation sites is 2. The third-order valence-electron chi connectivity index (χ3n) is 4.08. The molecule has 0 atom stereocenters. The van der Waals surface area contributed by atoms with Crippen LogP contribution < -0.4 is 15.5 Å². The third-order valence-corrected chi connectivity index (χ3v) is 4.08. The minimum atomic E-state index is -0.872. The third kappa shape index (κ3) is 4.56. The van der Waals surface area contributed by atoms with Crippen LogP contribution in [0.1, 0.15) is 16.1 Å². The van der Waals surface area contributed by atoms with Crippen molar-refractivity contribution in [2.24, 2.45) is 0 Å². The molecule has 1 N–H and O–H groups in total.